The average molecular weight is 319 g/mol. The van der Waals surface area contributed by atoms with Gasteiger partial charge in [-0.05, 0) is 43.5 Å². The predicted octanol–water partition coefficient (Wildman–Crippen LogP) is 3.54. The molecule has 3 rings (SSSR count). The first kappa shape index (κ1) is 14.9. The van der Waals surface area contributed by atoms with Crippen LogP contribution < -0.4 is 5.32 Å². The number of nitrogens with one attached hydrogen (secondary N) is 1. The van der Waals surface area contributed by atoms with Crippen molar-refractivity contribution in [3.05, 3.63) is 47.2 Å². The number of halogens is 1. The minimum absolute atomic E-state index is 0.0694. The first-order chi connectivity index (χ1) is 10.6. The van der Waals surface area contributed by atoms with Gasteiger partial charge in [-0.15, -0.1) is 0 Å². The molecular formula is C16H19ClN4O. The summed E-state index contributed by atoms with van der Waals surface area (Å²) in [7, 11) is 0. The van der Waals surface area contributed by atoms with Crippen LogP contribution in [-0.2, 0) is 6.54 Å². The molecule has 0 aliphatic carbocycles. The van der Waals surface area contributed by atoms with Crippen LogP contribution in [0.25, 0.3) is 0 Å². The Morgan fingerprint density at radius 1 is 1.50 bits per heavy atom. The van der Waals surface area contributed by atoms with Gasteiger partial charge >= 0.3 is 6.03 Å². The lowest BCUT2D eigenvalue weighted by molar-refractivity contribution is 0.199. The molecule has 6 heteroatoms. The lowest BCUT2D eigenvalue weighted by Gasteiger charge is -2.25. The maximum atomic E-state index is 12.6. The second-order valence-corrected chi connectivity index (χ2v) is 6.04. The number of carbonyl (C=O) groups is 1. The van der Waals surface area contributed by atoms with Gasteiger partial charge in [-0.25, -0.2) is 4.79 Å². The number of hydrogen-bond donors (Lipinski definition) is 1. The van der Waals surface area contributed by atoms with Crippen LogP contribution >= 0.6 is 11.6 Å². The molecule has 22 heavy (non-hydrogen) atoms. The maximum absolute atomic E-state index is 12.6. The Morgan fingerprint density at radius 2 is 2.36 bits per heavy atom. The van der Waals surface area contributed by atoms with Crippen molar-refractivity contribution in [1.82, 2.24) is 14.7 Å². The molecule has 1 fully saturated rings. The predicted molar refractivity (Wildman–Crippen MR) is 87.2 cm³/mol. The number of carbonyl (C=O) groups excluding carboxylic acids is 1. The zero-order chi connectivity index (χ0) is 15.5. The van der Waals surface area contributed by atoms with Crippen LogP contribution in [0.4, 0.5) is 10.5 Å². The number of amides is 2. The molecule has 0 unspecified atom stereocenters. The Bertz CT molecular complexity index is 656. The number of hydrogen-bond acceptors (Lipinski definition) is 2. The van der Waals surface area contributed by atoms with Gasteiger partial charge < -0.3 is 10.2 Å². The Kier molecular flexibility index (Phi) is 4.34. The van der Waals surface area contributed by atoms with Gasteiger partial charge in [-0.2, -0.15) is 5.10 Å². The van der Waals surface area contributed by atoms with Gasteiger partial charge in [0, 0.05) is 29.6 Å². The summed E-state index contributed by atoms with van der Waals surface area (Å²) in [5.74, 6) is 0. The molecule has 1 atom stereocenters. The van der Waals surface area contributed by atoms with Gasteiger partial charge in [0.15, 0.2) is 0 Å². The second-order valence-electron chi connectivity index (χ2n) is 5.61. The van der Waals surface area contributed by atoms with Gasteiger partial charge in [0.25, 0.3) is 0 Å². The molecule has 2 heterocycles. The van der Waals surface area contributed by atoms with E-state index in [2.05, 4.69) is 10.4 Å². The van der Waals surface area contributed by atoms with Crippen molar-refractivity contribution in [3.63, 3.8) is 0 Å². The standard InChI is InChI=1S/C16H19ClN4O/c1-12-5-6-13(17)10-15(12)19-16(22)21-9-2-4-14(21)11-20-8-3-7-18-20/h3,5-8,10,14H,2,4,9,11H2,1H3,(H,19,22)/t14-/m0/s1. The third-order valence-electron chi connectivity index (χ3n) is 4.04. The quantitative estimate of drug-likeness (QED) is 0.941. The van der Waals surface area contributed by atoms with E-state index in [9.17, 15) is 4.79 Å². The molecule has 0 radical (unpaired) electrons. The van der Waals surface area contributed by atoms with Gasteiger partial charge in [0.2, 0.25) is 0 Å². The number of nitrogens with zero attached hydrogens (tertiary/aromatic N) is 3. The monoisotopic (exact) mass is 318 g/mol. The van der Waals surface area contributed by atoms with Gasteiger partial charge in [0.1, 0.15) is 0 Å². The van der Waals surface area contributed by atoms with Gasteiger partial charge in [0.05, 0.1) is 12.6 Å². The molecule has 0 bridgehead atoms. The Labute approximate surface area is 134 Å². The average Bonchev–Trinajstić information content (AvgIpc) is 3.15. The Hall–Kier alpha value is -2.01. The van der Waals surface area contributed by atoms with E-state index in [1.54, 1.807) is 12.3 Å². The normalized spacial score (nSPS) is 17.7. The molecule has 1 saturated heterocycles. The van der Waals surface area contributed by atoms with E-state index in [-0.39, 0.29) is 12.1 Å². The van der Waals surface area contributed by atoms with Gasteiger partial charge in [-0.1, -0.05) is 17.7 Å². The highest BCUT2D eigenvalue weighted by atomic mass is 35.5. The molecule has 2 amide bonds. The highest BCUT2D eigenvalue weighted by Crippen LogP contribution is 2.23. The first-order valence-corrected chi connectivity index (χ1v) is 7.82. The van der Waals surface area contributed by atoms with Crippen molar-refractivity contribution in [3.8, 4) is 0 Å². The van der Waals surface area contributed by atoms with Crippen LogP contribution in [0, 0.1) is 6.92 Å². The number of aromatic nitrogens is 2. The summed E-state index contributed by atoms with van der Waals surface area (Å²) < 4.78 is 1.88. The number of urea groups is 1. The van der Waals surface area contributed by atoms with Crippen molar-refractivity contribution < 1.29 is 4.79 Å². The van der Waals surface area contributed by atoms with E-state index in [1.807, 2.05) is 40.9 Å². The molecule has 1 aromatic carbocycles. The zero-order valence-corrected chi connectivity index (χ0v) is 13.3. The summed E-state index contributed by atoms with van der Waals surface area (Å²) in [6.45, 7) is 3.46. The van der Waals surface area contributed by atoms with Crippen LogP contribution in [0.2, 0.25) is 5.02 Å². The van der Waals surface area contributed by atoms with Crippen molar-refractivity contribution in [1.29, 1.82) is 0 Å². The molecule has 1 aliphatic heterocycles. The molecular weight excluding hydrogens is 300 g/mol. The van der Waals surface area contributed by atoms with E-state index >= 15 is 0 Å². The van der Waals surface area contributed by atoms with E-state index in [0.29, 0.717) is 5.02 Å². The van der Waals surface area contributed by atoms with Crippen LogP contribution in [0.15, 0.2) is 36.7 Å². The summed E-state index contributed by atoms with van der Waals surface area (Å²) in [4.78, 5) is 14.5. The van der Waals surface area contributed by atoms with E-state index in [0.717, 1.165) is 37.2 Å². The number of anilines is 1. The molecule has 1 aromatic heterocycles. The Balaban J connectivity index is 1.69. The molecule has 1 aliphatic rings. The van der Waals surface area contributed by atoms with Crippen LogP contribution in [0.1, 0.15) is 18.4 Å². The molecule has 0 spiro atoms. The largest absolute Gasteiger partial charge is 0.322 e. The number of rotatable bonds is 3. The lowest BCUT2D eigenvalue weighted by Crippen LogP contribution is -2.41. The fraction of sp³-hybridized carbons (Fsp3) is 0.375. The van der Waals surface area contributed by atoms with Crippen LogP contribution in [-0.4, -0.2) is 33.3 Å². The summed E-state index contributed by atoms with van der Waals surface area (Å²) in [5, 5.41) is 7.82. The third-order valence-corrected chi connectivity index (χ3v) is 4.27. The smallest absolute Gasteiger partial charge is 0.320 e. The topological polar surface area (TPSA) is 50.2 Å². The maximum Gasteiger partial charge on any atom is 0.322 e. The minimum atomic E-state index is -0.0694. The number of benzene rings is 1. The lowest BCUT2D eigenvalue weighted by atomic mass is 10.2. The van der Waals surface area contributed by atoms with Crippen molar-refractivity contribution in [2.45, 2.75) is 32.4 Å². The summed E-state index contributed by atoms with van der Waals surface area (Å²) in [5.41, 5.74) is 1.77. The molecule has 116 valence electrons. The van der Waals surface area contributed by atoms with Crippen molar-refractivity contribution in [2.75, 3.05) is 11.9 Å². The van der Waals surface area contributed by atoms with Gasteiger partial charge in [-0.3, -0.25) is 4.68 Å². The highest BCUT2D eigenvalue weighted by molar-refractivity contribution is 6.31. The fourth-order valence-corrected chi connectivity index (χ4v) is 3.01. The van der Waals surface area contributed by atoms with Crippen molar-refractivity contribution in [2.24, 2.45) is 0 Å². The van der Waals surface area contributed by atoms with Crippen LogP contribution in [0.5, 0.6) is 0 Å². The summed E-state index contributed by atoms with van der Waals surface area (Å²) >= 11 is 6.01. The SMILES string of the molecule is Cc1ccc(Cl)cc1NC(=O)N1CCC[C@H]1Cn1cccn1. The van der Waals surface area contributed by atoms with E-state index in [1.165, 1.54) is 0 Å². The van der Waals surface area contributed by atoms with E-state index in [4.69, 9.17) is 11.6 Å². The summed E-state index contributed by atoms with van der Waals surface area (Å²) in [6, 6.07) is 7.52. The minimum Gasteiger partial charge on any atom is -0.320 e. The molecule has 5 nitrogen and oxygen atoms in total. The Morgan fingerprint density at radius 3 is 3.14 bits per heavy atom. The zero-order valence-electron chi connectivity index (χ0n) is 12.5. The summed E-state index contributed by atoms with van der Waals surface area (Å²) in [6.07, 6.45) is 5.71. The molecule has 1 N–H and O–H groups in total. The van der Waals surface area contributed by atoms with Crippen molar-refractivity contribution >= 4 is 23.3 Å². The van der Waals surface area contributed by atoms with Crippen LogP contribution in [0.3, 0.4) is 0 Å². The van der Waals surface area contributed by atoms with E-state index < -0.39 is 0 Å². The molecule has 0 saturated carbocycles. The highest BCUT2D eigenvalue weighted by Gasteiger charge is 2.29. The first-order valence-electron chi connectivity index (χ1n) is 7.44. The molecule has 2 aromatic rings. The number of aryl methyl sites for hydroxylation is 1. The third kappa shape index (κ3) is 3.25. The fourth-order valence-electron chi connectivity index (χ4n) is 2.83. The second kappa shape index (κ2) is 6.40. The number of likely N-dealkylation sites (tertiary alicyclic amines) is 1.